The largest absolute Gasteiger partial charge is 0.444 e. The summed E-state index contributed by atoms with van der Waals surface area (Å²) in [6.45, 7) is 20.4. The van der Waals surface area contributed by atoms with E-state index in [1.807, 2.05) is 78.8 Å². The first-order chi connectivity index (χ1) is 18.1. The summed E-state index contributed by atoms with van der Waals surface area (Å²) >= 11 is 0. The van der Waals surface area contributed by atoms with E-state index < -0.39 is 40.5 Å². The number of carbonyl (C=O) groups excluding carboxylic acids is 4. The van der Waals surface area contributed by atoms with Crippen LogP contribution in [0.25, 0.3) is 0 Å². The van der Waals surface area contributed by atoms with Crippen LogP contribution in [0.3, 0.4) is 0 Å². The van der Waals surface area contributed by atoms with Crippen molar-refractivity contribution < 1.29 is 23.9 Å². The van der Waals surface area contributed by atoms with E-state index in [9.17, 15) is 19.2 Å². The zero-order chi connectivity index (χ0) is 31.2. The summed E-state index contributed by atoms with van der Waals surface area (Å²) in [5.41, 5.74) is -0.861. The molecule has 1 aromatic rings. The van der Waals surface area contributed by atoms with Crippen LogP contribution in [-0.2, 0) is 24.5 Å². The van der Waals surface area contributed by atoms with Gasteiger partial charge in [-0.3, -0.25) is 19.3 Å². The van der Waals surface area contributed by atoms with E-state index in [-0.39, 0.29) is 17.9 Å². The zero-order valence-electron chi connectivity index (χ0n) is 26.8. The summed E-state index contributed by atoms with van der Waals surface area (Å²) in [4.78, 5) is 55.6. The zero-order valence-corrected chi connectivity index (χ0v) is 26.8. The third-order valence-electron chi connectivity index (χ3n) is 7.02. The van der Waals surface area contributed by atoms with Crippen LogP contribution < -0.4 is 5.32 Å². The van der Waals surface area contributed by atoms with Gasteiger partial charge in [0, 0.05) is 19.5 Å². The van der Waals surface area contributed by atoms with Crippen molar-refractivity contribution in [2.24, 2.45) is 11.3 Å². The summed E-state index contributed by atoms with van der Waals surface area (Å²) in [6.07, 6.45) is 1.90. The molecular weight excluding hydrogens is 506 g/mol. The Labute approximate surface area is 241 Å². The molecule has 8 nitrogen and oxygen atoms in total. The predicted molar refractivity (Wildman–Crippen MR) is 160 cm³/mol. The maximum Gasteiger partial charge on any atom is 0.410 e. The van der Waals surface area contributed by atoms with Crippen LogP contribution in [0.4, 0.5) is 4.79 Å². The van der Waals surface area contributed by atoms with Crippen LogP contribution in [0.1, 0.15) is 81.7 Å². The molecule has 1 unspecified atom stereocenters. The summed E-state index contributed by atoms with van der Waals surface area (Å²) in [5.74, 6) is -0.724. The van der Waals surface area contributed by atoms with Crippen LogP contribution in [0.5, 0.6) is 0 Å². The van der Waals surface area contributed by atoms with Crippen LogP contribution in [-0.4, -0.2) is 71.8 Å². The first kappa shape index (κ1) is 34.9. The molecule has 0 bridgehead atoms. The topological polar surface area (TPSA) is 96.0 Å². The highest BCUT2D eigenvalue weighted by molar-refractivity contribution is 5.93. The summed E-state index contributed by atoms with van der Waals surface area (Å²) in [6, 6.07) is 7.25. The fourth-order valence-electron chi connectivity index (χ4n) is 4.73. The lowest BCUT2D eigenvalue weighted by molar-refractivity contribution is -0.141. The second kappa shape index (κ2) is 13.5. The van der Waals surface area contributed by atoms with Gasteiger partial charge in [0.05, 0.1) is 6.04 Å². The summed E-state index contributed by atoms with van der Waals surface area (Å²) in [5, 5.41) is 3.00. The number of rotatable bonds is 10. The fourth-order valence-corrected chi connectivity index (χ4v) is 4.73. The van der Waals surface area contributed by atoms with Gasteiger partial charge in [-0.15, -0.1) is 0 Å². The molecule has 0 aromatic heterocycles. The molecule has 0 heterocycles. The van der Waals surface area contributed by atoms with Gasteiger partial charge in [-0.05, 0) is 50.2 Å². The Morgan fingerprint density at radius 2 is 1.43 bits per heavy atom. The Balaban J connectivity index is 3.58. The smallest absolute Gasteiger partial charge is 0.410 e. The van der Waals surface area contributed by atoms with Crippen molar-refractivity contribution in [1.29, 1.82) is 0 Å². The molecule has 0 aliphatic rings. The molecule has 0 saturated heterocycles. The fraction of sp³-hybridized carbons (Fsp3) is 0.625. The number of amides is 3. The standard InChI is InChI=1S/C32H51N3O5/c1-21(2)24(19-22(3)20-36)34(12)28(38)25(30(4,5)6)33-27(37)26(35(13)29(39)40-31(7,8)9)32(10,11)23-17-15-14-16-18-23/h14-21,24-26H,1-13H3,(H,33,37)/b22-19+/t24?,25-,26-/m1/s1. The number of likely N-dealkylation sites (N-methyl/N-ethyl adjacent to an activating group) is 2. The number of hydrogen-bond donors (Lipinski definition) is 1. The molecule has 40 heavy (non-hydrogen) atoms. The molecular formula is C32H51N3O5. The molecule has 0 fully saturated rings. The molecule has 1 rings (SSSR count). The lowest BCUT2D eigenvalue weighted by Crippen LogP contribution is -2.63. The number of aldehydes is 1. The Kier molecular flexibility index (Phi) is 11.7. The van der Waals surface area contributed by atoms with E-state index >= 15 is 0 Å². The molecule has 0 aliphatic carbocycles. The number of ether oxygens (including phenoxy) is 1. The van der Waals surface area contributed by atoms with Crippen molar-refractivity contribution >= 4 is 24.2 Å². The number of allylic oxidation sites excluding steroid dienone is 1. The number of benzene rings is 1. The molecule has 3 atom stereocenters. The number of carbonyl (C=O) groups is 4. The second-order valence-electron chi connectivity index (χ2n) is 13.6. The number of hydrogen-bond acceptors (Lipinski definition) is 5. The average molecular weight is 558 g/mol. The predicted octanol–water partition coefficient (Wildman–Crippen LogP) is 5.36. The van der Waals surface area contributed by atoms with Crippen LogP contribution >= 0.6 is 0 Å². The van der Waals surface area contributed by atoms with E-state index in [0.29, 0.717) is 5.57 Å². The van der Waals surface area contributed by atoms with Crippen LogP contribution in [0, 0.1) is 11.3 Å². The van der Waals surface area contributed by atoms with Gasteiger partial charge in [0.25, 0.3) is 0 Å². The van der Waals surface area contributed by atoms with Crippen molar-refractivity contribution in [2.45, 2.75) is 105 Å². The van der Waals surface area contributed by atoms with E-state index in [4.69, 9.17) is 4.74 Å². The van der Waals surface area contributed by atoms with E-state index in [2.05, 4.69) is 5.32 Å². The maximum atomic E-state index is 14.2. The quantitative estimate of drug-likeness (QED) is 0.309. The molecule has 3 amide bonds. The van der Waals surface area contributed by atoms with Crippen LogP contribution in [0.2, 0.25) is 0 Å². The molecule has 0 saturated carbocycles. The third-order valence-corrected chi connectivity index (χ3v) is 7.02. The molecule has 0 spiro atoms. The van der Waals surface area contributed by atoms with Gasteiger partial charge < -0.3 is 15.0 Å². The Hall–Kier alpha value is -3.16. The number of nitrogens with one attached hydrogen (secondary N) is 1. The number of nitrogens with zero attached hydrogens (tertiary/aromatic N) is 2. The Bertz CT molecular complexity index is 1060. The van der Waals surface area contributed by atoms with Gasteiger partial charge in [0.15, 0.2) is 0 Å². The Morgan fingerprint density at radius 3 is 1.85 bits per heavy atom. The summed E-state index contributed by atoms with van der Waals surface area (Å²) < 4.78 is 5.62. The maximum absolute atomic E-state index is 14.2. The van der Waals surface area contributed by atoms with E-state index in [0.717, 1.165) is 11.8 Å². The normalized spacial score (nSPS) is 15.1. The molecule has 1 aromatic carbocycles. The van der Waals surface area contributed by atoms with Crippen molar-refractivity contribution in [3.05, 3.63) is 47.5 Å². The molecule has 0 aliphatic heterocycles. The molecule has 224 valence electrons. The van der Waals surface area contributed by atoms with Crippen molar-refractivity contribution in [1.82, 2.24) is 15.1 Å². The Morgan fingerprint density at radius 1 is 0.900 bits per heavy atom. The van der Waals surface area contributed by atoms with Crippen molar-refractivity contribution in [3.8, 4) is 0 Å². The van der Waals surface area contributed by atoms with E-state index in [1.165, 1.54) is 4.90 Å². The molecule has 8 heteroatoms. The average Bonchev–Trinajstić information content (AvgIpc) is 2.83. The minimum atomic E-state index is -0.995. The highest BCUT2D eigenvalue weighted by Gasteiger charge is 2.45. The van der Waals surface area contributed by atoms with Gasteiger partial charge >= 0.3 is 6.09 Å². The second-order valence-corrected chi connectivity index (χ2v) is 13.6. The van der Waals surface area contributed by atoms with Gasteiger partial charge in [-0.2, -0.15) is 0 Å². The first-order valence-electron chi connectivity index (χ1n) is 13.9. The van der Waals surface area contributed by atoms with Gasteiger partial charge in [-0.1, -0.05) is 84.9 Å². The van der Waals surface area contributed by atoms with Gasteiger partial charge in [-0.25, -0.2) is 4.79 Å². The van der Waals surface area contributed by atoms with Gasteiger partial charge in [0.2, 0.25) is 11.8 Å². The lowest BCUT2D eigenvalue weighted by Gasteiger charge is -2.42. The molecule has 0 radical (unpaired) electrons. The monoisotopic (exact) mass is 557 g/mol. The minimum Gasteiger partial charge on any atom is -0.444 e. The van der Waals surface area contributed by atoms with E-state index in [1.54, 1.807) is 52.8 Å². The lowest BCUT2D eigenvalue weighted by atomic mass is 9.76. The van der Waals surface area contributed by atoms with Crippen molar-refractivity contribution in [3.63, 3.8) is 0 Å². The summed E-state index contributed by atoms with van der Waals surface area (Å²) in [7, 11) is 3.23. The first-order valence-corrected chi connectivity index (χ1v) is 13.9. The molecule has 1 N–H and O–H groups in total. The minimum absolute atomic E-state index is 0.0308. The SMILES string of the molecule is C/C(C=O)=C\C(C(C)C)N(C)C(=O)[C@@H](NC(=O)[C@@H](N(C)C(=O)OC(C)(C)C)C(C)(C)c1ccccc1)C(C)(C)C. The highest BCUT2D eigenvalue weighted by Crippen LogP contribution is 2.32. The van der Waals surface area contributed by atoms with Gasteiger partial charge in [0.1, 0.15) is 24.0 Å². The highest BCUT2D eigenvalue weighted by atomic mass is 16.6. The van der Waals surface area contributed by atoms with Crippen molar-refractivity contribution in [2.75, 3.05) is 14.1 Å². The van der Waals surface area contributed by atoms with Crippen LogP contribution in [0.15, 0.2) is 42.0 Å². The third kappa shape index (κ3) is 9.20.